The van der Waals surface area contributed by atoms with Gasteiger partial charge in [-0.15, -0.1) is 24.0 Å². The molecule has 0 aliphatic heterocycles. The van der Waals surface area contributed by atoms with Gasteiger partial charge in [0.25, 0.3) is 0 Å². The first kappa shape index (κ1) is 25.2. The van der Waals surface area contributed by atoms with Crippen molar-refractivity contribution < 1.29 is 9.47 Å². The summed E-state index contributed by atoms with van der Waals surface area (Å²) in [4.78, 5) is 4.26. The van der Waals surface area contributed by atoms with Gasteiger partial charge in [0.15, 0.2) is 17.5 Å². The van der Waals surface area contributed by atoms with Crippen LogP contribution in [0.1, 0.15) is 31.7 Å². The Labute approximate surface area is 180 Å². The van der Waals surface area contributed by atoms with Crippen molar-refractivity contribution >= 4 is 41.7 Å². The predicted molar refractivity (Wildman–Crippen MR) is 125 cm³/mol. The zero-order chi connectivity index (χ0) is 18.3. The van der Waals surface area contributed by atoms with E-state index in [1.54, 1.807) is 7.11 Å². The van der Waals surface area contributed by atoms with Crippen molar-refractivity contribution in [2.75, 3.05) is 45.9 Å². The van der Waals surface area contributed by atoms with Crippen molar-refractivity contribution in [2.24, 2.45) is 4.99 Å². The maximum atomic E-state index is 5.63. The lowest BCUT2D eigenvalue weighted by molar-refractivity contribution is 0.310. The first-order chi connectivity index (χ1) is 12.2. The number of guanidine groups is 1. The molecule has 1 aromatic carbocycles. The van der Waals surface area contributed by atoms with Crippen LogP contribution in [-0.2, 0) is 6.42 Å². The number of halogens is 1. The second kappa shape index (κ2) is 16.4. The van der Waals surface area contributed by atoms with Crippen LogP contribution in [0.15, 0.2) is 23.2 Å². The summed E-state index contributed by atoms with van der Waals surface area (Å²) in [6.07, 6.45) is 6.58. The highest BCUT2D eigenvalue weighted by molar-refractivity contribution is 14.0. The molecule has 0 aliphatic carbocycles. The van der Waals surface area contributed by atoms with E-state index < -0.39 is 0 Å². The molecule has 150 valence electrons. The fraction of sp³-hybridized carbons (Fsp3) is 0.632. The van der Waals surface area contributed by atoms with E-state index in [1.165, 1.54) is 24.2 Å². The summed E-state index contributed by atoms with van der Waals surface area (Å²) in [5.74, 6) is 3.71. The highest BCUT2D eigenvalue weighted by Crippen LogP contribution is 2.28. The number of methoxy groups -OCH3 is 1. The molecule has 0 unspecified atom stereocenters. The molecule has 0 bridgehead atoms. The number of aliphatic imine (C=N–C) groups is 1. The minimum Gasteiger partial charge on any atom is -0.493 e. The number of ether oxygens (including phenoxy) is 2. The van der Waals surface area contributed by atoms with E-state index in [4.69, 9.17) is 9.47 Å². The molecular formula is C19H34IN3O2S. The van der Waals surface area contributed by atoms with E-state index in [1.807, 2.05) is 31.8 Å². The number of unbranched alkanes of at least 4 members (excludes halogenated alkanes) is 1. The molecule has 0 aromatic heterocycles. The van der Waals surface area contributed by atoms with E-state index in [0.29, 0.717) is 6.61 Å². The van der Waals surface area contributed by atoms with Gasteiger partial charge >= 0.3 is 0 Å². The second-order valence-corrected chi connectivity index (χ2v) is 6.63. The van der Waals surface area contributed by atoms with Crippen LogP contribution in [0, 0.1) is 0 Å². The summed E-state index contributed by atoms with van der Waals surface area (Å²) in [5, 5.41) is 6.73. The summed E-state index contributed by atoms with van der Waals surface area (Å²) >= 11 is 1.90. The van der Waals surface area contributed by atoms with Crippen LogP contribution in [0.2, 0.25) is 0 Å². The standard InChI is InChI=1S/C19H33N3O2S.HI/c1-5-24-18-15-16(10-11-17(18)23-3)9-8-13-22-19(20-2)21-12-6-7-14-25-4;/h10-11,15H,5-9,12-14H2,1-4H3,(H2,20,21,22);1H. The molecule has 0 atom stereocenters. The number of hydrogen-bond acceptors (Lipinski definition) is 4. The van der Waals surface area contributed by atoms with Crippen molar-refractivity contribution in [3.05, 3.63) is 23.8 Å². The Bertz CT molecular complexity index is 516. The van der Waals surface area contributed by atoms with Gasteiger partial charge in [0.2, 0.25) is 0 Å². The molecule has 1 aromatic rings. The van der Waals surface area contributed by atoms with Crippen molar-refractivity contribution in [2.45, 2.75) is 32.6 Å². The fourth-order valence-electron chi connectivity index (χ4n) is 2.44. The van der Waals surface area contributed by atoms with Gasteiger partial charge in [-0.05, 0) is 62.3 Å². The minimum absolute atomic E-state index is 0. The number of nitrogens with zero attached hydrogens (tertiary/aromatic N) is 1. The van der Waals surface area contributed by atoms with Gasteiger partial charge in [0, 0.05) is 20.1 Å². The Balaban J connectivity index is 0.00000625. The molecule has 0 heterocycles. The topological polar surface area (TPSA) is 54.9 Å². The summed E-state index contributed by atoms with van der Waals surface area (Å²) in [5.41, 5.74) is 1.26. The lowest BCUT2D eigenvalue weighted by atomic mass is 10.1. The average Bonchev–Trinajstić information content (AvgIpc) is 2.63. The maximum Gasteiger partial charge on any atom is 0.190 e. The molecule has 0 aliphatic rings. The molecule has 0 saturated heterocycles. The Morgan fingerprint density at radius 2 is 1.85 bits per heavy atom. The third kappa shape index (κ3) is 10.4. The molecule has 0 amide bonds. The smallest absolute Gasteiger partial charge is 0.190 e. The monoisotopic (exact) mass is 495 g/mol. The van der Waals surface area contributed by atoms with Gasteiger partial charge in [-0.2, -0.15) is 11.8 Å². The average molecular weight is 495 g/mol. The van der Waals surface area contributed by atoms with Crippen LogP contribution in [0.5, 0.6) is 11.5 Å². The van der Waals surface area contributed by atoms with E-state index in [0.717, 1.165) is 43.4 Å². The highest BCUT2D eigenvalue weighted by Gasteiger charge is 2.05. The van der Waals surface area contributed by atoms with Gasteiger partial charge in [-0.1, -0.05) is 6.07 Å². The Morgan fingerprint density at radius 3 is 2.46 bits per heavy atom. The molecule has 26 heavy (non-hydrogen) atoms. The zero-order valence-electron chi connectivity index (χ0n) is 16.5. The van der Waals surface area contributed by atoms with E-state index in [-0.39, 0.29) is 24.0 Å². The molecule has 0 radical (unpaired) electrons. The zero-order valence-corrected chi connectivity index (χ0v) is 19.6. The Kier molecular flexibility index (Phi) is 15.8. The summed E-state index contributed by atoms with van der Waals surface area (Å²) in [6, 6.07) is 6.14. The van der Waals surface area contributed by atoms with Crippen LogP contribution in [0.3, 0.4) is 0 Å². The number of nitrogens with one attached hydrogen (secondary N) is 2. The molecule has 7 heteroatoms. The number of benzene rings is 1. The molecule has 1 rings (SSSR count). The molecule has 0 spiro atoms. The third-order valence-electron chi connectivity index (χ3n) is 3.75. The maximum absolute atomic E-state index is 5.63. The number of hydrogen-bond donors (Lipinski definition) is 2. The Hall–Kier alpha value is -0.830. The van der Waals surface area contributed by atoms with Crippen LogP contribution < -0.4 is 20.1 Å². The predicted octanol–water partition coefficient (Wildman–Crippen LogP) is 3.95. The minimum atomic E-state index is 0. The van der Waals surface area contributed by atoms with Crippen LogP contribution >= 0.6 is 35.7 Å². The molecular weight excluding hydrogens is 461 g/mol. The van der Waals surface area contributed by atoms with Crippen molar-refractivity contribution in [1.82, 2.24) is 10.6 Å². The number of aryl methyl sites for hydroxylation is 1. The molecule has 0 fully saturated rings. The normalized spacial score (nSPS) is 10.8. The highest BCUT2D eigenvalue weighted by atomic mass is 127. The van der Waals surface area contributed by atoms with Gasteiger partial charge in [0.1, 0.15) is 0 Å². The quantitative estimate of drug-likeness (QED) is 0.199. The van der Waals surface area contributed by atoms with E-state index in [2.05, 4.69) is 34.0 Å². The van der Waals surface area contributed by atoms with Crippen molar-refractivity contribution in [3.8, 4) is 11.5 Å². The second-order valence-electron chi connectivity index (χ2n) is 5.65. The molecule has 5 nitrogen and oxygen atoms in total. The van der Waals surface area contributed by atoms with Crippen LogP contribution in [0.4, 0.5) is 0 Å². The van der Waals surface area contributed by atoms with Gasteiger partial charge in [-0.3, -0.25) is 4.99 Å². The summed E-state index contributed by atoms with van der Waals surface area (Å²) in [6.45, 7) is 4.48. The first-order valence-electron chi connectivity index (χ1n) is 8.98. The van der Waals surface area contributed by atoms with Crippen molar-refractivity contribution in [3.63, 3.8) is 0 Å². The molecule has 0 saturated carbocycles. The SMILES string of the molecule is CCOc1cc(CCCNC(=NC)NCCCCSC)ccc1OC.I. The fourth-order valence-corrected chi connectivity index (χ4v) is 2.94. The van der Waals surface area contributed by atoms with Crippen LogP contribution in [-0.4, -0.2) is 51.8 Å². The summed E-state index contributed by atoms with van der Waals surface area (Å²) < 4.78 is 11.0. The molecule has 2 N–H and O–H groups in total. The van der Waals surface area contributed by atoms with Gasteiger partial charge < -0.3 is 20.1 Å². The van der Waals surface area contributed by atoms with E-state index in [9.17, 15) is 0 Å². The Morgan fingerprint density at radius 1 is 1.12 bits per heavy atom. The van der Waals surface area contributed by atoms with Gasteiger partial charge in [-0.25, -0.2) is 0 Å². The van der Waals surface area contributed by atoms with Gasteiger partial charge in [0.05, 0.1) is 13.7 Å². The number of rotatable bonds is 12. The lowest BCUT2D eigenvalue weighted by Crippen LogP contribution is -2.38. The number of thioether (sulfide) groups is 1. The van der Waals surface area contributed by atoms with Crippen LogP contribution in [0.25, 0.3) is 0 Å². The van der Waals surface area contributed by atoms with E-state index >= 15 is 0 Å². The summed E-state index contributed by atoms with van der Waals surface area (Å²) in [7, 11) is 3.48. The van der Waals surface area contributed by atoms with Crippen molar-refractivity contribution in [1.29, 1.82) is 0 Å². The largest absolute Gasteiger partial charge is 0.493 e. The third-order valence-corrected chi connectivity index (χ3v) is 4.45. The first-order valence-corrected chi connectivity index (χ1v) is 10.4. The lowest BCUT2D eigenvalue weighted by Gasteiger charge is -2.13.